The molecule has 0 spiro atoms. The van der Waals surface area contributed by atoms with Crippen LogP contribution in [0.5, 0.6) is 0 Å². The predicted octanol–water partition coefficient (Wildman–Crippen LogP) is -5.63. The standard InChI is InChI=1S/C11H21N3O5.Na/c12-6-2-1-3-8(14)11(18)19-9(15)5-4-7(13)10(16)17;/h7-8H,1-6,12-14H2,(H,16,17);/q;+1/p-1/t7-,8+;/m1./s1. The number of carboxylic acid groups (broad SMARTS) is 1. The zero-order valence-corrected chi connectivity index (χ0v) is 13.7. The minimum atomic E-state index is -1.46. The Kier molecular flexibility index (Phi) is 13.3. The second-order valence-corrected chi connectivity index (χ2v) is 4.15. The van der Waals surface area contributed by atoms with E-state index >= 15 is 0 Å². The van der Waals surface area contributed by atoms with Gasteiger partial charge < -0.3 is 31.8 Å². The van der Waals surface area contributed by atoms with Crippen molar-refractivity contribution in [3.8, 4) is 0 Å². The first-order valence-corrected chi connectivity index (χ1v) is 6.05. The van der Waals surface area contributed by atoms with E-state index in [1.54, 1.807) is 0 Å². The molecule has 110 valence electrons. The van der Waals surface area contributed by atoms with Crippen molar-refractivity contribution >= 4 is 17.9 Å². The molecule has 6 N–H and O–H groups in total. The van der Waals surface area contributed by atoms with Gasteiger partial charge in [-0.1, -0.05) is 6.42 Å². The number of hydrogen-bond donors (Lipinski definition) is 3. The van der Waals surface area contributed by atoms with E-state index in [-0.39, 0.29) is 42.4 Å². The normalized spacial score (nSPS) is 12.9. The van der Waals surface area contributed by atoms with Gasteiger partial charge in [0.15, 0.2) is 0 Å². The van der Waals surface area contributed by atoms with Crippen molar-refractivity contribution in [1.29, 1.82) is 0 Å². The number of hydrogen-bond acceptors (Lipinski definition) is 8. The van der Waals surface area contributed by atoms with Crippen LogP contribution in [0.2, 0.25) is 0 Å². The van der Waals surface area contributed by atoms with E-state index in [0.717, 1.165) is 6.42 Å². The van der Waals surface area contributed by atoms with Crippen molar-refractivity contribution < 1.29 is 53.8 Å². The Labute approximate surface area is 139 Å². The van der Waals surface area contributed by atoms with Crippen molar-refractivity contribution in [1.82, 2.24) is 0 Å². The smallest absolute Gasteiger partial charge is 0.548 e. The van der Waals surface area contributed by atoms with Crippen LogP contribution >= 0.6 is 0 Å². The van der Waals surface area contributed by atoms with Crippen molar-refractivity contribution in [2.24, 2.45) is 17.2 Å². The van der Waals surface area contributed by atoms with Gasteiger partial charge in [0, 0.05) is 12.5 Å². The summed E-state index contributed by atoms with van der Waals surface area (Å²) in [7, 11) is 0. The first kappa shape index (κ1) is 21.8. The van der Waals surface area contributed by atoms with Gasteiger partial charge in [0.2, 0.25) is 0 Å². The average molecular weight is 297 g/mol. The first-order chi connectivity index (χ1) is 8.88. The number of aliphatic carboxylic acids is 1. The van der Waals surface area contributed by atoms with Gasteiger partial charge in [-0.25, -0.2) is 4.79 Å². The first-order valence-electron chi connectivity index (χ1n) is 6.05. The molecule has 0 aliphatic rings. The van der Waals surface area contributed by atoms with Crippen LogP contribution in [0.3, 0.4) is 0 Å². The second kappa shape index (κ2) is 12.2. The number of carbonyl (C=O) groups excluding carboxylic acids is 3. The Hall–Kier alpha value is -0.510. The summed E-state index contributed by atoms with van der Waals surface area (Å²) in [4.78, 5) is 32.9. The summed E-state index contributed by atoms with van der Waals surface area (Å²) in [5, 5.41) is 10.3. The van der Waals surface area contributed by atoms with Crippen LogP contribution in [-0.2, 0) is 19.1 Å². The number of esters is 2. The van der Waals surface area contributed by atoms with E-state index in [2.05, 4.69) is 4.74 Å². The average Bonchev–Trinajstić information content (AvgIpc) is 2.35. The fourth-order valence-corrected chi connectivity index (χ4v) is 1.26. The molecule has 0 aromatic carbocycles. The van der Waals surface area contributed by atoms with Crippen LogP contribution < -0.4 is 51.9 Å². The van der Waals surface area contributed by atoms with Gasteiger partial charge >= 0.3 is 41.5 Å². The summed E-state index contributed by atoms with van der Waals surface area (Å²) in [6, 6.07) is -2.15. The molecule has 0 unspecified atom stereocenters. The van der Waals surface area contributed by atoms with Crippen LogP contribution in [0.1, 0.15) is 32.1 Å². The summed E-state index contributed by atoms with van der Waals surface area (Å²) in [6.07, 6.45) is 1.33. The Balaban J connectivity index is 0. The van der Waals surface area contributed by atoms with E-state index in [0.29, 0.717) is 19.4 Å². The molecule has 0 aromatic rings. The van der Waals surface area contributed by atoms with Gasteiger partial charge in [-0.2, -0.15) is 0 Å². The number of nitrogens with two attached hydrogens (primary N) is 3. The van der Waals surface area contributed by atoms with E-state index in [4.69, 9.17) is 17.2 Å². The summed E-state index contributed by atoms with van der Waals surface area (Å²) >= 11 is 0. The maximum Gasteiger partial charge on any atom is 1.00 e. The van der Waals surface area contributed by atoms with Gasteiger partial charge in [0.05, 0.1) is 5.97 Å². The number of unbranched alkanes of at least 4 members (excludes halogenated alkanes) is 1. The van der Waals surface area contributed by atoms with Crippen LogP contribution in [-0.4, -0.2) is 36.5 Å². The molecular formula is C11H20N3NaO5. The van der Waals surface area contributed by atoms with E-state index in [1.807, 2.05) is 0 Å². The second-order valence-electron chi connectivity index (χ2n) is 4.15. The van der Waals surface area contributed by atoms with E-state index in [9.17, 15) is 19.5 Å². The fraction of sp³-hybridized carbons (Fsp3) is 0.727. The van der Waals surface area contributed by atoms with Crippen LogP contribution in [0.25, 0.3) is 0 Å². The van der Waals surface area contributed by atoms with Crippen molar-refractivity contribution in [2.45, 2.75) is 44.2 Å². The summed E-state index contributed by atoms with van der Waals surface area (Å²) in [6.45, 7) is 0.502. The molecule has 9 heteroatoms. The topological polar surface area (TPSA) is 162 Å². The Morgan fingerprint density at radius 3 is 2.15 bits per heavy atom. The van der Waals surface area contributed by atoms with Crippen LogP contribution in [0.15, 0.2) is 0 Å². The maximum absolute atomic E-state index is 11.4. The zero-order chi connectivity index (χ0) is 14.8. The third-order valence-corrected chi connectivity index (χ3v) is 2.45. The molecule has 0 bridgehead atoms. The molecule has 20 heavy (non-hydrogen) atoms. The van der Waals surface area contributed by atoms with Crippen LogP contribution in [0.4, 0.5) is 0 Å². The largest absolute Gasteiger partial charge is 1.00 e. The quantitative estimate of drug-likeness (QED) is 0.164. The minimum absolute atomic E-state index is 0. The third-order valence-electron chi connectivity index (χ3n) is 2.45. The Morgan fingerprint density at radius 2 is 1.65 bits per heavy atom. The van der Waals surface area contributed by atoms with Crippen LogP contribution in [0, 0.1) is 0 Å². The summed E-state index contributed by atoms with van der Waals surface area (Å²) in [5.41, 5.74) is 15.9. The number of rotatable bonds is 9. The summed E-state index contributed by atoms with van der Waals surface area (Å²) < 4.78 is 4.47. The Morgan fingerprint density at radius 1 is 1.05 bits per heavy atom. The SMILES string of the molecule is NCCCC[C@H](N)C(=O)OC(=O)CC[C@@H](N)C(=O)[O-].[Na+]. The van der Waals surface area contributed by atoms with Crippen molar-refractivity contribution in [2.75, 3.05) is 6.54 Å². The third kappa shape index (κ3) is 10.3. The molecule has 0 fully saturated rings. The predicted molar refractivity (Wildman–Crippen MR) is 64.2 cm³/mol. The number of ether oxygens (including phenoxy) is 1. The molecule has 0 amide bonds. The monoisotopic (exact) mass is 297 g/mol. The molecule has 0 rings (SSSR count). The zero-order valence-electron chi connectivity index (χ0n) is 11.7. The van der Waals surface area contributed by atoms with Crippen molar-refractivity contribution in [3.63, 3.8) is 0 Å². The summed E-state index contributed by atoms with van der Waals surface area (Å²) in [5.74, 6) is -3.14. The molecule has 0 heterocycles. The number of carbonyl (C=O) groups is 3. The van der Waals surface area contributed by atoms with Crippen molar-refractivity contribution in [3.05, 3.63) is 0 Å². The van der Waals surface area contributed by atoms with Gasteiger partial charge in [0.1, 0.15) is 6.04 Å². The maximum atomic E-state index is 11.4. The van der Waals surface area contributed by atoms with Gasteiger partial charge in [-0.15, -0.1) is 0 Å². The molecule has 8 nitrogen and oxygen atoms in total. The van der Waals surface area contributed by atoms with E-state index < -0.39 is 30.0 Å². The van der Waals surface area contributed by atoms with E-state index in [1.165, 1.54) is 0 Å². The van der Waals surface area contributed by atoms with Gasteiger partial charge in [-0.3, -0.25) is 4.79 Å². The molecular weight excluding hydrogens is 277 g/mol. The molecule has 0 aromatic heterocycles. The molecule has 0 saturated heterocycles. The number of carboxylic acids is 1. The molecule has 0 aliphatic heterocycles. The molecule has 0 aliphatic carbocycles. The molecule has 0 saturated carbocycles. The molecule has 2 atom stereocenters. The van der Waals surface area contributed by atoms with Gasteiger partial charge in [0.25, 0.3) is 0 Å². The Bertz CT molecular complexity index is 327. The minimum Gasteiger partial charge on any atom is -0.548 e. The molecule has 0 radical (unpaired) electrons. The van der Waals surface area contributed by atoms with Gasteiger partial charge in [-0.05, 0) is 25.8 Å². The fourth-order valence-electron chi connectivity index (χ4n) is 1.26.